The van der Waals surface area contributed by atoms with Crippen LogP contribution in [-0.2, 0) is 0 Å². The fourth-order valence-electron chi connectivity index (χ4n) is 1.89. The summed E-state index contributed by atoms with van der Waals surface area (Å²) in [5, 5.41) is 14.2. The minimum absolute atomic E-state index is 0.0957. The van der Waals surface area contributed by atoms with E-state index in [0.717, 1.165) is 0 Å². The quantitative estimate of drug-likeness (QED) is 0.671. The van der Waals surface area contributed by atoms with Crippen LogP contribution < -0.4 is 10.2 Å². The largest absolute Gasteiger partial charge is 0.507 e. The first-order valence-corrected chi connectivity index (χ1v) is 6.87. The molecule has 0 aliphatic heterocycles. The van der Waals surface area contributed by atoms with Crippen molar-refractivity contribution >= 4 is 23.2 Å². The second-order valence-electron chi connectivity index (χ2n) is 4.50. The zero-order valence-electron chi connectivity index (χ0n) is 12.1. The van der Waals surface area contributed by atoms with Gasteiger partial charge in [-0.25, -0.2) is 5.43 Å². The van der Waals surface area contributed by atoms with Gasteiger partial charge in [0.05, 0.1) is 18.4 Å². The molecule has 0 spiro atoms. The molecule has 2 N–H and O–H groups in total. The third kappa shape index (κ3) is 3.56. The summed E-state index contributed by atoms with van der Waals surface area (Å²) in [7, 11) is 1.47. The van der Waals surface area contributed by atoms with Crippen LogP contribution in [0.1, 0.15) is 22.8 Å². The molecule has 6 heteroatoms. The van der Waals surface area contributed by atoms with Crippen LogP contribution in [0.3, 0.4) is 0 Å². The summed E-state index contributed by atoms with van der Waals surface area (Å²) in [6.07, 6.45) is 0. The average molecular weight is 319 g/mol. The molecule has 2 aromatic carbocycles. The highest BCUT2D eigenvalue weighted by Crippen LogP contribution is 2.22. The van der Waals surface area contributed by atoms with Crippen molar-refractivity contribution in [3.8, 4) is 11.5 Å². The predicted molar refractivity (Wildman–Crippen MR) is 85.8 cm³/mol. The Labute approximate surface area is 133 Å². The number of benzene rings is 2. The number of hydrogen-bond acceptors (Lipinski definition) is 4. The molecule has 114 valence electrons. The highest BCUT2D eigenvalue weighted by Gasteiger charge is 2.13. The zero-order valence-corrected chi connectivity index (χ0v) is 12.9. The maximum atomic E-state index is 12.2. The molecule has 2 aromatic rings. The summed E-state index contributed by atoms with van der Waals surface area (Å²) in [5.74, 6) is 0.0461. The summed E-state index contributed by atoms with van der Waals surface area (Å²) in [5.41, 5.74) is 3.73. The van der Waals surface area contributed by atoms with Crippen molar-refractivity contribution in [3.05, 3.63) is 58.6 Å². The molecule has 0 unspecified atom stereocenters. The Balaban J connectivity index is 2.21. The van der Waals surface area contributed by atoms with Gasteiger partial charge >= 0.3 is 0 Å². The first-order valence-electron chi connectivity index (χ1n) is 6.49. The molecular formula is C16H15ClN2O3. The van der Waals surface area contributed by atoms with Crippen LogP contribution in [0.15, 0.2) is 47.6 Å². The Morgan fingerprint density at radius 1 is 1.23 bits per heavy atom. The van der Waals surface area contributed by atoms with Gasteiger partial charge in [0.1, 0.15) is 11.5 Å². The van der Waals surface area contributed by atoms with Gasteiger partial charge in [0.25, 0.3) is 5.91 Å². The lowest BCUT2D eigenvalue weighted by Crippen LogP contribution is -2.20. The topological polar surface area (TPSA) is 70.9 Å². The second-order valence-corrected chi connectivity index (χ2v) is 4.94. The number of hydrazone groups is 1. The van der Waals surface area contributed by atoms with E-state index in [-0.39, 0.29) is 11.3 Å². The molecule has 0 saturated heterocycles. The molecule has 0 heterocycles. The fraction of sp³-hybridized carbons (Fsp3) is 0.125. The van der Waals surface area contributed by atoms with Gasteiger partial charge in [-0.05, 0) is 37.3 Å². The number of aromatic hydroxyl groups is 1. The average Bonchev–Trinajstić information content (AvgIpc) is 2.52. The molecule has 5 nitrogen and oxygen atoms in total. The molecule has 1 amide bonds. The minimum atomic E-state index is -0.450. The Bertz CT molecular complexity index is 729. The molecule has 0 aliphatic carbocycles. The van der Waals surface area contributed by atoms with Crippen LogP contribution in [0, 0.1) is 0 Å². The van der Waals surface area contributed by atoms with E-state index in [4.69, 9.17) is 16.3 Å². The molecule has 22 heavy (non-hydrogen) atoms. The molecule has 0 fully saturated rings. The molecule has 0 aromatic heterocycles. The third-order valence-corrected chi connectivity index (χ3v) is 3.26. The summed E-state index contributed by atoms with van der Waals surface area (Å²) in [6.45, 7) is 1.69. The van der Waals surface area contributed by atoms with Gasteiger partial charge in [-0.2, -0.15) is 5.10 Å². The number of halogens is 1. The lowest BCUT2D eigenvalue weighted by atomic mass is 10.1. The number of ether oxygens (including phenoxy) is 1. The van der Waals surface area contributed by atoms with Crippen molar-refractivity contribution in [2.75, 3.05) is 7.11 Å². The van der Waals surface area contributed by atoms with Crippen LogP contribution >= 0.6 is 11.6 Å². The molecule has 0 bridgehead atoms. The number of nitrogens with zero attached hydrogens (tertiary/aromatic N) is 1. The van der Waals surface area contributed by atoms with E-state index in [1.807, 2.05) is 0 Å². The van der Waals surface area contributed by atoms with E-state index in [0.29, 0.717) is 22.0 Å². The fourth-order valence-corrected chi connectivity index (χ4v) is 2.06. The van der Waals surface area contributed by atoms with E-state index >= 15 is 0 Å². The van der Waals surface area contributed by atoms with Crippen LogP contribution in [0.5, 0.6) is 11.5 Å². The molecule has 0 saturated carbocycles. The van der Waals surface area contributed by atoms with E-state index in [1.165, 1.54) is 13.2 Å². The van der Waals surface area contributed by atoms with E-state index in [2.05, 4.69) is 10.5 Å². The lowest BCUT2D eigenvalue weighted by molar-refractivity contribution is 0.0952. The summed E-state index contributed by atoms with van der Waals surface area (Å²) < 4.78 is 5.12. The Morgan fingerprint density at radius 2 is 1.95 bits per heavy atom. The normalized spacial score (nSPS) is 11.1. The number of amides is 1. The zero-order chi connectivity index (χ0) is 16.1. The first kappa shape index (κ1) is 15.9. The highest BCUT2D eigenvalue weighted by atomic mass is 35.5. The molecule has 2 rings (SSSR count). The van der Waals surface area contributed by atoms with Crippen molar-refractivity contribution in [1.29, 1.82) is 0 Å². The summed E-state index contributed by atoms with van der Waals surface area (Å²) in [6, 6.07) is 11.5. The van der Waals surface area contributed by atoms with Crippen molar-refractivity contribution < 1.29 is 14.6 Å². The number of hydrogen-bond donors (Lipinski definition) is 2. The monoisotopic (exact) mass is 318 g/mol. The maximum Gasteiger partial charge on any atom is 0.275 e. The number of methoxy groups -OCH3 is 1. The van der Waals surface area contributed by atoms with Crippen LogP contribution in [0.4, 0.5) is 0 Å². The SMILES string of the molecule is COc1ccc(Cl)cc1C(=O)NN=C(C)c1ccccc1O. The van der Waals surface area contributed by atoms with E-state index < -0.39 is 5.91 Å². The molecular weight excluding hydrogens is 304 g/mol. The summed E-state index contributed by atoms with van der Waals surface area (Å²) in [4.78, 5) is 12.2. The van der Waals surface area contributed by atoms with E-state index in [9.17, 15) is 9.90 Å². The molecule has 0 radical (unpaired) electrons. The number of rotatable bonds is 4. The molecule has 0 aliphatic rings. The first-order chi connectivity index (χ1) is 10.5. The second kappa shape index (κ2) is 6.95. The number of phenols is 1. The summed E-state index contributed by atoms with van der Waals surface area (Å²) >= 11 is 5.89. The number of nitrogens with one attached hydrogen (secondary N) is 1. The van der Waals surface area contributed by atoms with Crippen LogP contribution in [0.2, 0.25) is 5.02 Å². The minimum Gasteiger partial charge on any atom is -0.507 e. The van der Waals surface area contributed by atoms with Gasteiger partial charge in [0.15, 0.2) is 0 Å². The predicted octanol–water partition coefficient (Wildman–Crippen LogP) is 3.21. The smallest absolute Gasteiger partial charge is 0.275 e. The number of carbonyl (C=O) groups excluding carboxylic acids is 1. The number of para-hydroxylation sites is 1. The van der Waals surface area contributed by atoms with Gasteiger partial charge in [0, 0.05) is 10.6 Å². The van der Waals surface area contributed by atoms with Gasteiger partial charge in [-0.1, -0.05) is 23.7 Å². The Morgan fingerprint density at radius 3 is 2.64 bits per heavy atom. The highest BCUT2D eigenvalue weighted by molar-refractivity contribution is 6.31. The Kier molecular flexibility index (Phi) is 5.01. The Hall–Kier alpha value is -2.53. The van der Waals surface area contributed by atoms with Crippen molar-refractivity contribution in [2.45, 2.75) is 6.92 Å². The van der Waals surface area contributed by atoms with E-state index in [1.54, 1.807) is 43.3 Å². The van der Waals surface area contributed by atoms with Gasteiger partial charge in [-0.15, -0.1) is 0 Å². The lowest BCUT2D eigenvalue weighted by Gasteiger charge is -2.08. The number of phenolic OH excluding ortho intramolecular Hbond substituents is 1. The standard InChI is InChI=1S/C16H15ClN2O3/c1-10(12-5-3-4-6-14(12)20)18-19-16(21)13-9-11(17)7-8-15(13)22-2/h3-9,20H,1-2H3,(H,19,21). The van der Waals surface area contributed by atoms with Crippen molar-refractivity contribution in [3.63, 3.8) is 0 Å². The van der Waals surface area contributed by atoms with Crippen LogP contribution in [-0.4, -0.2) is 23.8 Å². The van der Waals surface area contributed by atoms with Crippen molar-refractivity contribution in [1.82, 2.24) is 5.43 Å². The number of carbonyl (C=O) groups is 1. The van der Waals surface area contributed by atoms with Crippen molar-refractivity contribution in [2.24, 2.45) is 5.10 Å². The molecule has 0 atom stereocenters. The van der Waals surface area contributed by atoms with Crippen LogP contribution in [0.25, 0.3) is 0 Å². The van der Waals surface area contributed by atoms with Gasteiger partial charge in [-0.3, -0.25) is 4.79 Å². The maximum absolute atomic E-state index is 12.2. The third-order valence-electron chi connectivity index (χ3n) is 3.03. The van der Waals surface area contributed by atoms with Gasteiger partial charge < -0.3 is 9.84 Å². The van der Waals surface area contributed by atoms with Gasteiger partial charge in [0.2, 0.25) is 0 Å².